The van der Waals surface area contributed by atoms with E-state index in [9.17, 15) is 0 Å². The maximum Gasteiger partial charge on any atom is 0.150 e. The van der Waals surface area contributed by atoms with Crippen LogP contribution in [0.15, 0.2) is 4.90 Å². The minimum atomic E-state index is 0.0919. The summed E-state index contributed by atoms with van der Waals surface area (Å²) in [6, 6.07) is 0. The van der Waals surface area contributed by atoms with Crippen molar-refractivity contribution in [3.8, 4) is 0 Å². The van der Waals surface area contributed by atoms with Crippen LogP contribution < -0.4 is 0 Å². The first-order chi connectivity index (χ1) is 5.57. The van der Waals surface area contributed by atoms with Crippen molar-refractivity contribution < 1.29 is 0 Å². The Morgan fingerprint density at radius 2 is 1.33 bits per heavy atom. The van der Waals surface area contributed by atoms with Gasteiger partial charge in [-0.05, 0) is 21.7 Å². The second kappa shape index (κ2) is 4.45. The third-order valence-electron chi connectivity index (χ3n) is 1.03. The number of hydrogen-bond donors (Lipinski definition) is 0. The van der Waals surface area contributed by atoms with Crippen molar-refractivity contribution >= 4 is 68.1 Å². The minimum absolute atomic E-state index is 0.0919. The minimum Gasteiger partial charge on any atom is -0.221 e. The third-order valence-corrected chi connectivity index (χ3v) is 3.76. The molecule has 1 aromatic rings. The fourth-order valence-corrected chi connectivity index (χ4v) is 2.63. The zero-order valence-corrected chi connectivity index (χ0v) is 9.84. The fraction of sp³-hybridized carbons (Fsp3) is 0. The molecule has 1 rings (SSSR count). The summed E-state index contributed by atoms with van der Waals surface area (Å²) >= 11 is 22.7. The van der Waals surface area contributed by atoms with Crippen LogP contribution in [0.3, 0.4) is 0 Å². The first-order valence-corrected chi connectivity index (χ1v) is 5.72. The van der Waals surface area contributed by atoms with Gasteiger partial charge in [0.1, 0.15) is 0 Å². The third kappa shape index (κ3) is 2.06. The molecule has 0 amide bonds. The lowest BCUT2D eigenvalue weighted by atomic mass is 10.5. The van der Waals surface area contributed by atoms with E-state index in [2.05, 4.69) is 4.98 Å². The van der Waals surface area contributed by atoms with Crippen LogP contribution in [0.5, 0.6) is 0 Å². The van der Waals surface area contributed by atoms with Gasteiger partial charge in [0.05, 0.1) is 14.9 Å². The molecule has 7 heteroatoms. The molecule has 0 spiro atoms. The van der Waals surface area contributed by atoms with Crippen molar-refractivity contribution in [2.45, 2.75) is 4.90 Å². The molecule has 0 atom stereocenters. The Hall–Kier alpha value is 0.950. The number of hydrogen-bond acceptors (Lipinski definition) is 2. The van der Waals surface area contributed by atoms with Gasteiger partial charge in [0.25, 0.3) is 0 Å². The quantitative estimate of drug-likeness (QED) is 0.677. The number of halogens is 5. The second-order valence-electron chi connectivity index (χ2n) is 1.73. The molecule has 0 N–H and O–H groups in total. The van der Waals surface area contributed by atoms with E-state index in [4.69, 9.17) is 57.1 Å². The molecule has 1 aromatic heterocycles. The summed E-state index contributed by atoms with van der Waals surface area (Å²) in [5, 5.41) is 0.612. The van der Waals surface area contributed by atoms with Gasteiger partial charge in [0.2, 0.25) is 0 Å². The Balaban J connectivity index is 3.42. The summed E-state index contributed by atoms with van der Waals surface area (Å²) in [7, 11) is 6.33. The maximum absolute atomic E-state index is 5.73. The summed E-state index contributed by atoms with van der Waals surface area (Å²) in [5.41, 5.74) is 0. The lowest BCUT2D eigenvalue weighted by Crippen LogP contribution is -1.84. The zero-order chi connectivity index (χ0) is 9.30. The smallest absolute Gasteiger partial charge is 0.150 e. The average Bonchev–Trinajstić information content (AvgIpc) is 2.02. The van der Waals surface area contributed by atoms with Crippen molar-refractivity contribution in [3.63, 3.8) is 0 Å². The Morgan fingerprint density at radius 3 is 1.67 bits per heavy atom. The maximum atomic E-state index is 5.73. The second-order valence-corrected chi connectivity index (χ2v) is 4.23. The number of rotatable bonds is 1. The largest absolute Gasteiger partial charge is 0.221 e. The van der Waals surface area contributed by atoms with Crippen molar-refractivity contribution in [1.29, 1.82) is 0 Å². The molecule has 0 saturated heterocycles. The Labute approximate surface area is 97.8 Å². The molecule has 0 aliphatic heterocycles. The first kappa shape index (κ1) is 11.0. The normalized spacial score (nSPS) is 10.4. The molecule has 0 saturated carbocycles. The van der Waals surface area contributed by atoms with E-state index in [1.807, 2.05) is 0 Å². The molecule has 0 aliphatic rings. The van der Waals surface area contributed by atoms with Gasteiger partial charge in [-0.15, -0.1) is 0 Å². The Morgan fingerprint density at radius 1 is 0.917 bits per heavy atom. The molecule has 12 heavy (non-hydrogen) atoms. The SMILES string of the molecule is ClSc1c(Cl)c(Cl)nc(Cl)c1Cl. The molecule has 1 nitrogen and oxygen atoms in total. The van der Waals surface area contributed by atoms with Crippen LogP contribution in [-0.4, -0.2) is 4.98 Å². The van der Waals surface area contributed by atoms with Crippen LogP contribution in [-0.2, 0) is 0 Å². The number of nitrogens with zero attached hydrogens (tertiary/aromatic N) is 1. The predicted molar refractivity (Wildman–Crippen MR) is 56.0 cm³/mol. The summed E-state index contributed by atoms with van der Waals surface area (Å²) < 4.78 is 0. The topological polar surface area (TPSA) is 12.9 Å². The summed E-state index contributed by atoms with van der Waals surface area (Å²) in [5.74, 6) is 0. The summed E-state index contributed by atoms with van der Waals surface area (Å²) in [6.45, 7) is 0. The van der Waals surface area contributed by atoms with Gasteiger partial charge in [-0.1, -0.05) is 46.4 Å². The van der Waals surface area contributed by atoms with Crippen molar-refractivity contribution in [2.75, 3.05) is 0 Å². The number of pyridine rings is 1. The first-order valence-electron chi connectivity index (χ1n) is 2.56. The van der Waals surface area contributed by atoms with E-state index >= 15 is 0 Å². The van der Waals surface area contributed by atoms with Crippen molar-refractivity contribution in [3.05, 3.63) is 20.4 Å². The molecule has 1 heterocycles. The lowest BCUT2D eigenvalue weighted by molar-refractivity contribution is 1.27. The molecule has 0 fully saturated rings. The van der Waals surface area contributed by atoms with Crippen LogP contribution >= 0.6 is 68.1 Å². The van der Waals surface area contributed by atoms with Gasteiger partial charge in [-0.25, -0.2) is 4.98 Å². The molecule has 0 bridgehead atoms. The molecular formula is C5Cl5NS. The molecular weight excluding hydrogens is 283 g/mol. The van der Waals surface area contributed by atoms with Gasteiger partial charge in [-0.3, -0.25) is 0 Å². The molecule has 0 unspecified atom stereocenters. The summed E-state index contributed by atoms with van der Waals surface area (Å²) in [6.07, 6.45) is 0. The fourth-order valence-electron chi connectivity index (χ4n) is 0.536. The Kier molecular flexibility index (Phi) is 4.09. The average molecular weight is 283 g/mol. The van der Waals surface area contributed by atoms with E-state index in [1.54, 1.807) is 0 Å². The van der Waals surface area contributed by atoms with Crippen molar-refractivity contribution in [1.82, 2.24) is 4.98 Å². The van der Waals surface area contributed by atoms with Crippen LogP contribution in [0.2, 0.25) is 20.4 Å². The van der Waals surface area contributed by atoms with Gasteiger partial charge in [0, 0.05) is 0 Å². The highest BCUT2D eigenvalue weighted by atomic mass is 35.7. The highest BCUT2D eigenvalue weighted by Gasteiger charge is 2.14. The Bertz CT molecular complexity index is 289. The molecule has 0 aromatic carbocycles. The van der Waals surface area contributed by atoms with Gasteiger partial charge < -0.3 is 0 Å². The van der Waals surface area contributed by atoms with Crippen LogP contribution in [0.25, 0.3) is 0 Å². The summed E-state index contributed by atoms with van der Waals surface area (Å²) in [4.78, 5) is 4.10. The number of aromatic nitrogens is 1. The zero-order valence-electron chi connectivity index (χ0n) is 5.25. The molecule has 0 radical (unpaired) electrons. The predicted octanol–water partition coefficient (Wildman–Crippen LogP) is 4.94. The monoisotopic (exact) mass is 281 g/mol. The van der Waals surface area contributed by atoms with Crippen LogP contribution in [0, 0.1) is 0 Å². The van der Waals surface area contributed by atoms with Gasteiger partial charge in [0.15, 0.2) is 10.3 Å². The highest BCUT2D eigenvalue weighted by molar-refractivity contribution is 8.21. The van der Waals surface area contributed by atoms with E-state index in [0.29, 0.717) is 4.90 Å². The van der Waals surface area contributed by atoms with Crippen molar-refractivity contribution in [2.24, 2.45) is 0 Å². The van der Waals surface area contributed by atoms with E-state index in [0.717, 1.165) is 11.0 Å². The van der Waals surface area contributed by atoms with E-state index in [1.165, 1.54) is 0 Å². The highest BCUT2D eigenvalue weighted by Crippen LogP contribution is 2.42. The standard InChI is InChI=1S/C5Cl5NS/c6-1-3(12-10)2(7)5(9)11-4(1)8. The van der Waals surface area contributed by atoms with Crippen LogP contribution in [0.4, 0.5) is 0 Å². The van der Waals surface area contributed by atoms with E-state index < -0.39 is 0 Å². The lowest BCUT2D eigenvalue weighted by Gasteiger charge is -2.04. The molecule has 0 aliphatic carbocycles. The van der Waals surface area contributed by atoms with Gasteiger partial charge >= 0.3 is 0 Å². The van der Waals surface area contributed by atoms with E-state index in [-0.39, 0.29) is 20.4 Å². The van der Waals surface area contributed by atoms with Gasteiger partial charge in [-0.2, -0.15) is 0 Å². The molecule has 66 valence electrons. The van der Waals surface area contributed by atoms with Crippen LogP contribution in [0.1, 0.15) is 0 Å².